The number of hydrogen-bond donors (Lipinski definition) is 3. The highest BCUT2D eigenvalue weighted by Crippen LogP contribution is 2.49. The van der Waals surface area contributed by atoms with E-state index < -0.39 is 92.8 Å². The lowest BCUT2D eigenvalue weighted by molar-refractivity contribution is -0.143. The number of nitrogens with one attached hydrogen (secondary N) is 3. The van der Waals surface area contributed by atoms with E-state index in [1.54, 1.807) is 20.8 Å². The van der Waals surface area contributed by atoms with Gasteiger partial charge in [-0.15, -0.1) is 0 Å². The highest BCUT2D eigenvalue weighted by atomic mass is 32.2. The van der Waals surface area contributed by atoms with Crippen molar-refractivity contribution in [2.24, 2.45) is 23.2 Å². The fraction of sp³-hybridized carbons (Fsp3) is 0.700. The van der Waals surface area contributed by atoms with Crippen molar-refractivity contribution in [1.29, 1.82) is 0 Å². The quantitative estimate of drug-likeness (QED) is 0.346. The molecule has 0 spiro atoms. The van der Waals surface area contributed by atoms with E-state index in [4.69, 9.17) is 14.5 Å². The van der Waals surface area contributed by atoms with Crippen molar-refractivity contribution in [3.8, 4) is 5.88 Å². The molecular formula is C40H53F3N6O8S. The monoisotopic (exact) mass is 834 g/mol. The first-order valence-corrected chi connectivity index (χ1v) is 22.0. The number of alkyl carbamates (subject to hydrolysis) is 1. The predicted octanol–water partition coefficient (Wildman–Crippen LogP) is 4.93. The Morgan fingerprint density at radius 3 is 2.47 bits per heavy atom. The van der Waals surface area contributed by atoms with Gasteiger partial charge in [0.05, 0.1) is 28.7 Å². The van der Waals surface area contributed by atoms with Gasteiger partial charge in [0, 0.05) is 12.5 Å². The number of amides is 4. The number of nitrogens with zero attached hydrogens (tertiary/aromatic N) is 3. The Morgan fingerprint density at radius 2 is 1.79 bits per heavy atom. The summed E-state index contributed by atoms with van der Waals surface area (Å²) in [6.07, 6.45) is 1.05. The number of carbonyl (C=O) groups excluding carboxylic acids is 4. The summed E-state index contributed by atoms with van der Waals surface area (Å²) in [6.45, 7) is 7.10. The van der Waals surface area contributed by atoms with Crippen molar-refractivity contribution in [3.63, 3.8) is 0 Å². The molecule has 1 saturated heterocycles. The molecule has 3 aliphatic carbocycles. The van der Waals surface area contributed by atoms with E-state index in [2.05, 4.69) is 22.5 Å². The van der Waals surface area contributed by atoms with Crippen molar-refractivity contribution in [3.05, 3.63) is 29.7 Å². The molecule has 318 valence electrons. The zero-order chi connectivity index (χ0) is 41.7. The Labute approximate surface area is 336 Å². The van der Waals surface area contributed by atoms with Gasteiger partial charge in [-0.2, -0.15) is 0 Å². The second kappa shape index (κ2) is 16.1. The molecule has 8 atom stereocenters. The number of hydrogen-bond acceptors (Lipinski definition) is 10. The Morgan fingerprint density at radius 1 is 1.03 bits per heavy atom. The average Bonchev–Trinajstić information content (AvgIpc) is 4.06. The smallest absolute Gasteiger partial charge is 0.408 e. The maximum absolute atomic E-state index is 14.7. The summed E-state index contributed by atoms with van der Waals surface area (Å²) in [6, 6.07) is 1.39. The van der Waals surface area contributed by atoms with Crippen LogP contribution in [0.1, 0.15) is 104 Å². The van der Waals surface area contributed by atoms with Crippen molar-refractivity contribution in [2.75, 3.05) is 6.54 Å². The predicted molar refractivity (Wildman–Crippen MR) is 204 cm³/mol. The lowest BCUT2D eigenvalue weighted by Gasteiger charge is -2.36. The number of carbonyl (C=O) groups is 4. The number of aryl methyl sites for hydroxylation is 1. The highest BCUT2D eigenvalue weighted by Gasteiger charge is 2.67. The van der Waals surface area contributed by atoms with Crippen LogP contribution in [0, 0.1) is 29.0 Å². The summed E-state index contributed by atoms with van der Waals surface area (Å²) in [4.78, 5) is 66.7. The molecule has 3 heterocycles. The molecule has 1 aromatic carbocycles. The van der Waals surface area contributed by atoms with Crippen LogP contribution in [0.3, 0.4) is 0 Å². The third kappa shape index (κ3) is 8.71. The van der Waals surface area contributed by atoms with Gasteiger partial charge in [-0.3, -0.25) is 19.1 Å². The number of alkyl halides is 2. The van der Waals surface area contributed by atoms with E-state index in [-0.39, 0.29) is 36.4 Å². The van der Waals surface area contributed by atoms with E-state index in [0.717, 1.165) is 32.1 Å². The normalized spacial score (nSPS) is 31.0. The maximum Gasteiger partial charge on any atom is 0.408 e. The molecule has 3 saturated carbocycles. The minimum absolute atomic E-state index is 0.0924. The second-order valence-corrected chi connectivity index (χ2v) is 19.7. The van der Waals surface area contributed by atoms with Crippen LogP contribution in [0.4, 0.5) is 18.0 Å². The molecule has 2 aromatic rings. The van der Waals surface area contributed by atoms with Gasteiger partial charge < -0.3 is 25.0 Å². The van der Waals surface area contributed by atoms with Gasteiger partial charge in [-0.05, 0) is 80.8 Å². The molecule has 14 nitrogen and oxygen atoms in total. The molecule has 8 unspecified atom stereocenters. The fourth-order valence-corrected chi connectivity index (χ4v) is 10.4. The molecule has 2 aliphatic heterocycles. The van der Waals surface area contributed by atoms with Gasteiger partial charge in [0.25, 0.3) is 5.91 Å². The second-order valence-electron chi connectivity index (χ2n) is 17.8. The standard InChI is InChI=1S/C40H53F3N6O8S/c1-5-21-11-16-31-25(21)9-7-6-8-10-28-35(45-29-17-22(41)12-15-27(29)44-28)56-23-18-30(49(20-23)36(51)32(39(2,3)4)46-38(53)57-31)34(50)47-40(19-26(40)33(42)43)37(52)48-58(54,55)24-13-14-24/h12,15,17,21,23-26,30-33H,5-11,13-14,16,18-20H2,1-4H3,(H,46,53)(H,47,50)(H,48,52). The van der Waals surface area contributed by atoms with E-state index in [1.165, 1.54) is 23.1 Å². The summed E-state index contributed by atoms with van der Waals surface area (Å²) in [5.41, 5.74) is -1.97. The zero-order valence-electron chi connectivity index (χ0n) is 33.3. The van der Waals surface area contributed by atoms with Crippen molar-refractivity contribution in [1.82, 2.24) is 30.2 Å². The van der Waals surface area contributed by atoms with Crippen LogP contribution < -0.4 is 20.1 Å². The minimum Gasteiger partial charge on any atom is -0.471 e. The SMILES string of the molecule is CCC1CCC2OC(=O)NC(C(C)(C)C)C(=O)N3CC(CC3C(=O)NC3(C(=O)NS(=O)(=O)C4CC4)CC3C(F)F)Oc3nc4cc(F)ccc4nc3CCCCCC12. The van der Waals surface area contributed by atoms with E-state index in [0.29, 0.717) is 49.2 Å². The maximum atomic E-state index is 14.7. The first-order chi connectivity index (χ1) is 27.4. The summed E-state index contributed by atoms with van der Waals surface area (Å²) in [5.74, 6) is -4.55. The van der Waals surface area contributed by atoms with Crippen LogP contribution in [-0.4, -0.2) is 95.2 Å². The number of benzene rings is 1. The minimum atomic E-state index is -4.15. The zero-order valence-corrected chi connectivity index (χ0v) is 34.1. The summed E-state index contributed by atoms with van der Waals surface area (Å²) >= 11 is 0. The molecule has 1 aromatic heterocycles. The molecule has 7 rings (SSSR count). The van der Waals surface area contributed by atoms with Gasteiger partial charge in [0.1, 0.15) is 41.3 Å². The third-order valence-electron chi connectivity index (χ3n) is 12.6. The molecule has 5 aliphatic rings. The number of aromatic nitrogens is 2. The molecule has 2 bridgehead atoms. The lowest BCUT2D eigenvalue weighted by Crippen LogP contribution is -2.60. The summed E-state index contributed by atoms with van der Waals surface area (Å²) in [7, 11) is -4.15. The molecule has 4 fully saturated rings. The Kier molecular flexibility index (Phi) is 11.6. The van der Waals surface area contributed by atoms with Gasteiger partial charge >= 0.3 is 6.09 Å². The molecule has 0 radical (unpaired) electrons. The topological polar surface area (TPSA) is 186 Å². The van der Waals surface area contributed by atoms with Crippen LogP contribution >= 0.6 is 0 Å². The Bertz CT molecular complexity index is 2050. The fourth-order valence-electron chi connectivity index (χ4n) is 9.01. The van der Waals surface area contributed by atoms with Crippen LogP contribution in [0.15, 0.2) is 18.2 Å². The number of halogens is 3. The first kappa shape index (κ1) is 41.9. The molecule has 18 heteroatoms. The number of fused-ring (bicyclic) bond motifs is 5. The van der Waals surface area contributed by atoms with Gasteiger partial charge in [-0.1, -0.05) is 47.0 Å². The van der Waals surface area contributed by atoms with E-state index in [9.17, 15) is 40.8 Å². The van der Waals surface area contributed by atoms with Crippen molar-refractivity contribution in [2.45, 2.75) is 146 Å². The third-order valence-corrected chi connectivity index (χ3v) is 14.4. The van der Waals surface area contributed by atoms with E-state index in [1.807, 2.05) is 4.72 Å². The number of ether oxygens (including phenoxy) is 2. The van der Waals surface area contributed by atoms with Gasteiger partial charge in [-0.25, -0.2) is 36.4 Å². The van der Waals surface area contributed by atoms with Gasteiger partial charge in [0.2, 0.25) is 34.1 Å². The van der Waals surface area contributed by atoms with Crippen molar-refractivity contribution < 1.29 is 50.2 Å². The molecule has 3 N–H and O–H groups in total. The largest absolute Gasteiger partial charge is 0.471 e. The average molecular weight is 835 g/mol. The first-order valence-electron chi connectivity index (χ1n) is 20.5. The highest BCUT2D eigenvalue weighted by molar-refractivity contribution is 7.91. The Balaban J connectivity index is 1.23. The van der Waals surface area contributed by atoms with Gasteiger partial charge in [0.15, 0.2) is 0 Å². The Hall–Kier alpha value is -4.22. The number of rotatable bonds is 7. The summed E-state index contributed by atoms with van der Waals surface area (Å²) in [5, 5.41) is 4.37. The van der Waals surface area contributed by atoms with Crippen LogP contribution in [0.5, 0.6) is 5.88 Å². The van der Waals surface area contributed by atoms with Crippen molar-refractivity contribution >= 4 is 44.9 Å². The number of sulfonamides is 1. The molecular weight excluding hydrogens is 782 g/mol. The molecule has 4 amide bonds. The lowest BCUT2D eigenvalue weighted by atomic mass is 9.85. The van der Waals surface area contributed by atoms with E-state index >= 15 is 0 Å². The van der Waals surface area contributed by atoms with Crippen LogP contribution in [-0.2, 0) is 35.6 Å². The van der Waals surface area contributed by atoms with Crippen LogP contribution in [0.25, 0.3) is 11.0 Å². The molecule has 58 heavy (non-hydrogen) atoms. The summed E-state index contributed by atoms with van der Waals surface area (Å²) < 4.78 is 82.5. The van der Waals surface area contributed by atoms with Crippen LogP contribution in [0.2, 0.25) is 0 Å².